The van der Waals surface area contributed by atoms with Crippen LogP contribution >= 0.6 is 11.3 Å². The first kappa shape index (κ1) is 16.5. The number of thiophene rings is 1. The van der Waals surface area contributed by atoms with E-state index in [1.54, 1.807) is 0 Å². The summed E-state index contributed by atoms with van der Waals surface area (Å²) in [5.74, 6) is 0.691. The van der Waals surface area contributed by atoms with Gasteiger partial charge in [0, 0.05) is 17.8 Å². The summed E-state index contributed by atoms with van der Waals surface area (Å²) in [5, 5.41) is 6.05. The van der Waals surface area contributed by atoms with Crippen LogP contribution in [0.15, 0.2) is 12.1 Å². The van der Waals surface area contributed by atoms with E-state index in [9.17, 15) is 9.59 Å². The number of rotatable bonds is 4. The van der Waals surface area contributed by atoms with Gasteiger partial charge in [-0.05, 0) is 48.1 Å². The molecule has 5 heteroatoms. The van der Waals surface area contributed by atoms with Gasteiger partial charge in [-0.25, -0.2) is 0 Å². The molecule has 2 fully saturated rings. The highest BCUT2D eigenvalue weighted by Crippen LogP contribution is 2.65. The smallest absolute Gasteiger partial charge is 0.261 e. The topological polar surface area (TPSA) is 58.2 Å². The van der Waals surface area contributed by atoms with E-state index >= 15 is 0 Å². The van der Waals surface area contributed by atoms with Gasteiger partial charge in [0.15, 0.2) is 0 Å². The van der Waals surface area contributed by atoms with E-state index in [4.69, 9.17) is 0 Å². The Hall–Kier alpha value is -1.36. The Labute approximate surface area is 142 Å². The molecule has 0 radical (unpaired) electrons. The van der Waals surface area contributed by atoms with Crippen molar-refractivity contribution >= 4 is 23.2 Å². The molecule has 0 spiro atoms. The zero-order valence-electron chi connectivity index (χ0n) is 14.4. The van der Waals surface area contributed by atoms with Crippen molar-refractivity contribution in [3.05, 3.63) is 21.9 Å². The summed E-state index contributed by atoms with van der Waals surface area (Å²) in [7, 11) is 0. The second-order valence-electron chi connectivity index (χ2n) is 7.81. The van der Waals surface area contributed by atoms with Crippen LogP contribution in [0.5, 0.6) is 0 Å². The van der Waals surface area contributed by atoms with Crippen molar-refractivity contribution < 1.29 is 9.59 Å². The van der Waals surface area contributed by atoms with E-state index in [0.717, 1.165) is 22.1 Å². The molecule has 2 N–H and O–H groups in total. The summed E-state index contributed by atoms with van der Waals surface area (Å²) in [4.78, 5) is 25.3. The Morgan fingerprint density at radius 1 is 1.30 bits per heavy atom. The van der Waals surface area contributed by atoms with Crippen molar-refractivity contribution in [3.8, 4) is 0 Å². The average molecular weight is 334 g/mol. The molecule has 0 saturated heterocycles. The van der Waals surface area contributed by atoms with Crippen LogP contribution in [0.25, 0.3) is 0 Å². The van der Waals surface area contributed by atoms with Crippen LogP contribution in [0.2, 0.25) is 0 Å². The van der Waals surface area contributed by atoms with Gasteiger partial charge in [-0.3, -0.25) is 9.59 Å². The van der Waals surface area contributed by atoms with E-state index in [2.05, 4.69) is 31.4 Å². The summed E-state index contributed by atoms with van der Waals surface area (Å²) in [5.41, 5.74) is 0.501. The minimum Gasteiger partial charge on any atom is -0.351 e. The molecule has 2 saturated carbocycles. The van der Waals surface area contributed by atoms with Crippen molar-refractivity contribution in [2.45, 2.75) is 59.5 Å². The molecule has 2 aliphatic carbocycles. The molecule has 3 rings (SSSR count). The van der Waals surface area contributed by atoms with E-state index in [1.807, 2.05) is 12.1 Å². The molecule has 0 aromatic carbocycles. The van der Waals surface area contributed by atoms with Crippen LogP contribution in [0, 0.1) is 16.7 Å². The Morgan fingerprint density at radius 3 is 2.61 bits per heavy atom. The molecule has 2 aliphatic rings. The number of fused-ring (bicyclic) bond motifs is 2. The van der Waals surface area contributed by atoms with Crippen molar-refractivity contribution in [1.82, 2.24) is 10.6 Å². The minimum absolute atomic E-state index is 0.0265. The highest BCUT2D eigenvalue weighted by molar-refractivity contribution is 7.14. The lowest BCUT2D eigenvalue weighted by molar-refractivity contribution is -0.119. The van der Waals surface area contributed by atoms with Crippen LogP contribution < -0.4 is 10.6 Å². The molecular formula is C18H26N2O2S. The van der Waals surface area contributed by atoms with Gasteiger partial charge in [-0.1, -0.05) is 20.8 Å². The van der Waals surface area contributed by atoms with Gasteiger partial charge >= 0.3 is 0 Å². The number of hydrogen-bond acceptors (Lipinski definition) is 3. The van der Waals surface area contributed by atoms with Gasteiger partial charge in [0.2, 0.25) is 5.91 Å². The summed E-state index contributed by atoms with van der Waals surface area (Å²) in [6.07, 6.45) is 3.59. The number of carbonyl (C=O) groups is 2. The molecular weight excluding hydrogens is 308 g/mol. The second kappa shape index (κ2) is 5.62. The standard InChI is InChI=1S/C18H26N2O2S/c1-11(21)19-10-13-5-6-14(23-13)16(22)20-15-9-12-7-8-18(15,4)17(12,2)3/h5-6,12,15H,7-10H2,1-4H3,(H,19,21)(H,20,22). The normalized spacial score (nSPS) is 31.1. The van der Waals surface area contributed by atoms with Crippen LogP contribution in [0.1, 0.15) is 61.5 Å². The predicted molar refractivity (Wildman–Crippen MR) is 92.3 cm³/mol. The van der Waals surface area contributed by atoms with E-state index in [1.165, 1.54) is 31.1 Å². The van der Waals surface area contributed by atoms with Crippen molar-refractivity contribution in [2.24, 2.45) is 16.7 Å². The SMILES string of the molecule is CC(=O)NCc1ccc(C(=O)NC2CC3CCC2(C)C3(C)C)s1. The zero-order valence-corrected chi connectivity index (χ0v) is 15.2. The van der Waals surface area contributed by atoms with Gasteiger partial charge < -0.3 is 10.6 Å². The van der Waals surface area contributed by atoms with E-state index < -0.39 is 0 Å². The molecule has 23 heavy (non-hydrogen) atoms. The lowest BCUT2D eigenvalue weighted by atomic mass is 9.69. The highest BCUT2D eigenvalue weighted by Gasteiger charge is 2.61. The molecule has 2 bridgehead atoms. The maximum Gasteiger partial charge on any atom is 0.261 e. The summed E-state index contributed by atoms with van der Waals surface area (Å²) in [6.45, 7) is 9.03. The Kier molecular flexibility index (Phi) is 4.03. The molecule has 1 heterocycles. The Morgan fingerprint density at radius 2 is 2.04 bits per heavy atom. The summed E-state index contributed by atoms with van der Waals surface area (Å²) < 4.78 is 0. The number of nitrogens with one attached hydrogen (secondary N) is 2. The van der Waals surface area contributed by atoms with Crippen molar-refractivity contribution in [2.75, 3.05) is 0 Å². The van der Waals surface area contributed by atoms with Crippen LogP contribution in [-0.2, 0) is 11.3 Å². The third kappa shape index (κ3) is 2.69. The van der Waals surface area contributed by atoms with Gasteiger partial charge in [0.05, 0.1) is 11.4 Å². The number of hydrogen-bond donors (Lipinski definition) is 2. The highest BCUT2D eigenvalue weighted by atomic mass is 32.1. The molecule has 1 aromatic heterocycles. The lowest BCUT2D eigenvalue weighted by Crippen LogP contribution is -2.46. The summed E-state index contributed by atoms with van der Waals surface area (Å²) in [6, 6.07) is 4.05. The molecule has 1 aromatic rings. The van der Waals surface area contributed by atoms with Crippen molar-refractivity contribution in [1.29, 1.82) is 0 Å². The monoisotopic (exact) mass is 334 g/mol. The zero-order chi connectivity index (χ0) is 16.8. The van der Waals surface area contributed by atoms with Crippen LogP contribution in [0.3, 0.4) is 0 Å². The lowest BCUT2D eigenvalue weighted by Gasteiger charge is -2.39. The molecule has 0 aliphatic heterocycles. The first-order valence-corrected chi connectivity index (χ1v) is 9.20. The molecule has 3 atom stereocenters. The van der Waals surface area contributed by atoms with Crippen molar-refractivity contribution in [3.63, 3.8) is 0 Å². The fraction of sp³-hybridized carbons (Fsp3) is 0.667. The first-order chi connectivity index (χ1) is 10.7. The maximum absolute atomic E-state index is 12.6. The van der Waals surface area contributed by atoms with Crippen LogP contribution in [0.4, 0.5) is 0 Å². The molecule has 2 amide bonds. The maximum atomic E-state index is 12.6. The number of carbonyl (C=O) groups excluding carboxylic acids is 2. The molecule has 4 nitrogen and oxygen atoms in total. The minimum atomic E-state index is -0.0541. The Bertz CT molecular complexity index is 637. The van der Waals surface area contributed by atoms with Crippen LogP contribution in [-0.4, -0.2) is 17.9 Å². The Balaban J connectivity index is 1.65. The van der Waals surface area contributed by atoms with Gasteiger partial charge in [-0.2, -0.15) is 0 Å². The predicted octanol–water partition coefficient (Wildman–Crippen LogP) is 3.33. The average Bonchev–Trinajstić information content (AvgIpc) is 3.08. The largest absolute Gasteiger partial charge is 0.351 e. The first-order valence-electron chi connectivity index (χ1n) is 8.38. The quantitative estimate of drug-likeness (QED) is 0.887. The second-order valence-corrected chi connectivity index (χ2v) is 8.98. The molecule has 3 unspecified atom stereocenters. The fourth-order valence-electron chi connectivity index (χ4n) is 4.46. The summed E-state index contributed by atoms with van der Waals surface area (Å²) >= 11 is 1.46. The number of amides is 2. The third-order valence-electron chi connectivity index (χ3n) is 6.50. The third-order valence-corrected chi connectivity index (χ3v) is 7.58. The fourth-order valence-corrected chi connectivity index (χ4v) is 5.31. The van der Waals surface area contributed by atoms with Gasteiger partial charge in [-0.15, -0.1) is 11.3 Å². The van der Waals surface area contributed by atoms with E-state index in [-0.39, 0.29) is 23.3 Å². The van der Waals surface area contributed by atoms with E-state index in [0.29, 0.717) is 12.0 Å². The van der Waals surface area contributed by atoms with Gasteiger partial charge in [0.1, 0.15) is 0 Å². The van der Waals surface area contributed by atoms with Gasteiger partial charge in [0.25, 0.3) is 5.91 Å². The molecule has 126 valence electrons.